The summed E-state index contributed by atoms with van der Waals surface area (Å²) >= 11 is 0. The number of nitrogens with zero attached hydrogens (tertiary/aromatic N) is 1. The topological polar surface area (TPSA) is 23.5 Å². The van der Waals surface area contributed by atoms with Crippen LogP contribution in [0.25, 0.3) is 0 Å². The molecule has 0 aromatic heterocycles. The number of likely N-dealkylation sites (tertiary alicyclic amines) is 1. The molecule has 0 amide bonds. The summed E-state index contributed by atoms with van der Waals surface area (Å²) in [5, 5.41) is 9.55. The number of hydrogen-bond acceptors (Lipinski definition) is 2. The fourth-order valence-corrected chi connectivity index (χ4v) is 2.50. The van der Waals surface area contributed by atoms with Crippen molar-refractivity contribution in [2.24, 2.45) is 11.3 Å². The first-order valence-corrected chi connectivity index (χ1v) is 4.94. The Balaban J connectivity index is 1.92. The van der Waals surface area contributed by atoms with Gasteiger partial charge in [0.1, 0.15) is 0 Å². The molecule has 1 aliphatic heterocycles. The maximum atomic E-state index is 9.55. The van der Waals surface area contributed by atoms with Gasteiger partial charge in [0, 0.05) is 24.5 Å². The minimum Gasteiger partial charge on any atom is -0.392 e. The number of hydrogen-bond donors (Lipinski definition) is 1. The van der Waals surface area contributed by atoms with E-state index in [-0.39, 0.29) is 11.5 Å². The maximum Gasteiger partial charge on any atom is 0.0621 e. The summed E-state index contributed by atoms with van der Waals surface area (Å²) in [6.07, 6.45) is 0.915. The molecule has 1 saturated heterocycles. The van der Waals surface area contributed by atoms with Gasteiger partial charge >= 0.3 is 0 Å². The summed E-state index contributed by atoms with van der Waals surface area (Å²) in [6, 6.07) is 0.642. The van der Waals surface area contributed by atoms with E-state index < -0.39 is 0 Å². The maximum absolute atomic E-state index is 9.55. The third kappa shape index (κ3) is 1.01. The zero-order valence-corrected chi connectivity index (χ0v) is 8.25. The Hall–Kier alpha value is -0.0800. The highest BCUT2D eigenvalue weighted by Crippen LogP contribution is 2.45. The third-order valence-corrected chi connectivity index (χ3v) is 3.70. The van der Waals surface area contributed by atoms with E-state index in [2.05, 4.69) is 25.7 Å². The Morgan fingerprint density at radius 2 is 1.92 bits per heavy atom. The summed E-state index contributed by atoms with van der Waals surface area (Å²) in [5.41, 5.74) is 0.139. The molecule has 2 rings (SSSR count). The summed E-state index contributed by atoms with van der Waals surface area (Å²) in [7, 11) is 0. The molecule has 1 heterocycles. The lowest BCUT2D eigenvalue weighted by molar-refractivity contribution is -0.145. The van der Waals surface area contributed by atoms with Crippen molar-refractivity contribution in [2.75, 3.05) is 13.1 Å². The molecule has 70 valence electrons. The molecule has 12 heavy (non-hydrogen) atoms. The van der Waals surface area contributed by atoms with Crippen LogP contribution in [0, 0.1) is 11.3 Å². The van der Waals surface area contributed by atoms with Crippen LogP contribution in [0.3, 0.4) is 0 Å². The van der Waals surface area contributed by atoms with Crippen molar-refractivity contribution in [1.82, 2.24) is 4.90 Å². The lowest BCUT2D eigenvalue weighted by Crippen LogP contribution is -2.66. The SMILES string of the molecule is CC1CN(C2CC(O)C2(C)C)C1. The third-order valence-electron chi connectivity index (χ3n) is 3.70. The van der Waals surface area contributed by atoms with Gasteiger partial charge in [-0.25, -0.2) is 0 Å². The van der Waals surface area contributed by atoms with Gasteiger partial charge in [-0.3, -0.25) is 4.90 Å². The summed E-state index contributed by atoms with van der Waals surface area (Å²) in [5.74, 6) is 0.874. The molecule has 2 atom stereocenters. The second-order valence-electron chi connectivity index (χ2n) is 5.15. The second-order valence-corrected chi connectivity index (χ2v) is 5.15. The first kappa shape index (κ1) is 8.52. The zero-order chi connectivity index (χ0) is 8.93. The monoisotopic (exact) mass is 169 g/mol. The number of rotatable bonds is 1. The van der Waals surface area contributed by atoms with Crippen LogP contribution in [0.5, 0.6) is 0 Å². The Bertz CT molecular complexity index is 184. The molecule has 1 saturated carbocycles. The van der Waals surface area contributed by atoms with Crippen LogP contribution in [0.2, 0.25) is 0 Å². The van der Waals surface area contributed by atoms with Gasteiger partial charge in [-0.2, -0.15) is 0 Å². The zero-order valence-electron chi connectivity index (χ0n) is 8.25. The van der Waals surface area contributed by atoms with E-state index >= 15 is 0 Å². The quantitative estimate of drug-likeness (QED) is 0.635. The van der Waals surface area contributed by atoms with Crippen molar-refractivity contribution in [3.63, 3.8) is 0 Å². The van der Waals surface area contributed by atoms with Gasteiger partial charge in [0.05, 0.1) is 6.10 Å². The molecule has 1 N–H and O–H groups in total. The molecule has 0 aromatic carbocycles. The Morgan fingerprint density at radius 3 is 2.25 bits per heavy atom. The van der Waals surface area contributed by atoms with Crippen molar-refractivity contribution in [3.8, 4) is 0 Å². The minimum absolute atomic E-state index is 0.0709. The molecular formula is C10H19NO. The van der Waals surface area contributed by atoms with E-state index in [0.29, 0.717) is 6.04 Å². The van der Waals surface area contributed by atoms with Gasteiger partial charge in [0.25, 0.3) is 0 Å². The van der Waals surface area contributed by atoms with E-state index in [0.717, 1.165) is 12.3 Å². The molecule has 2 fully saturated rings. The fraction of sp³-hybridized carbons (Fsp3) is 1.00. The normalized spacial score (nSPS) is 42.0. The highest BCUT2D eigenvalue weighted by atomic mass is 16.3. The number of aliphatic hydroxyl groups excluding tert-OH is 1. The molecular weight excluding hydrogens is 150 g/mol. The lowest BCUT2D eigenvalue weighted by atomic mass is 9.63. The summed E-state index contributed by atoms with van der Waals surface area (Å²) in [4.78, 5) is 2.51. The lowest BCUT2D eigenvalue weighted by Gasteiger charge is -2.58. The van der Waals surface area contributed by atoms with Crippen LogP contribution in [-0.2, 0) is 0 Å². The smallest absolute Gasteiger partial charge is 0.0621 e. The van der Waals surface area contributed by atoms with Crippen LogP contribution >= 0.6 is 0 Å². The largest absolute Gasteiger partial charge is 0.392 e. The van der Waals surface area contributed by atoms with E-state index in [1.807, 2.05) is 0 Å². The van der Waals surface area contributed by atoms with Crippen LogP contribution in [0.4, 0.5) is 0 Å². The minimum atomic E-state index is -0.0709. The molecule has 2 aliphatic rings. The van der Waals surface area contributed by atoms with Crippen LogP contribution in [0.15, 0.2) is 0 Å². The average Bonchev–Trinajstić information content (AvgIpc) is 1.95. The highest BCUT2D eigenvalue weighted by Gasteiger charge is 2.51. The summed E-state index contributed by atoms with van der Waals surface area (Å²) in [6.45, 7) is 9.11. The molecule has 2 unspecified atom stereocenters. The molecule has 2 heteroatoms. The molecule has 0 bridgehead atoms. The molecule has 2 nitrogen and oxygen atoms in total. The van der Waals surface area contributed by atoms with Crippen LogP contribution in [-0.4, -0.2) is 35.2 Å². The van der Waals surface area contributed by atoms with Crippen LogP contribution < -0.4 is 0 Å². The molecule has 0 spiro atoms. The Labute approximate surface area is 74.6 Å². The summed E-state index contributed by atoms with van der Waals surface area (Å²) < 4.78 is 0. The predicted octanol–water partition coefficient (Wildman–Crippen LogP) is 1.10. The molecule has 0 aromatic rings. The molecule has 0 radical (unpaired) electrons. The average molecular weight is 169 g/mol. The highest BCUT2D eigenvalue weighted by molar-refractivity contribution is 5.04. The van der Waals surface area contributed by atoms with Gasteiger partial charge < -0.3 is 5.11 Å². The van der Waals surface area contributed by atoms with Gasteiger partial charge in [-0.05, 0) is 12.3 Å². The number of aliphatic hydroxyl groups is 1. The van der Waals surface area contributed by atoms with Gasteiger partial charge in [-0.15, -0.1) is 0 Å². The van der Waals surface area contributed by atoms with Gasteiger partial charge in [0.2, 0.25) is 0 Å². The van der Waals surface area contributed by atoms with Crippen molar-refractivity contribution < 1.29 is 5.11 Å². The van der Waals surface area contributed by atoms with E-state index in [4.69, 9.17) is 0 Å². The van der Waals surface area contributed by atoms with Gasteiger partial charge in [0.15, 0.2) is 0 Å². The van der Waals surface area contributed by atoms with E-state index in [1.54, 1.807) is 0 Å². The first-order chi connectivity index (χ1) is 5.51. The van der Waals surface area contributed by atoms with Crippen molar-refractivity contribution in [1.29, 1.82) is 0 Å². The van der Waals surface area contributed by atoms with Crippen LogP contribution in [0.1, 0.15) is 27.2 Å². The molecule has 1 aliphatic carbocycles. The van der Waals surface area contributed by atoms with E-state index in [9.17, 15) is 5.11 Å². The second kappa shape index (κ2) is 2.46. The fourth-order valence-electron chi connectivity index (χ4n) is 2.50. The van der Waals surface area contributed by atoms with E-state index in [1.165, 1.54) is 13.1 Å². The van der Waals surface area contributed by atoms with Gasteiger partial charge in [-0.1, -0.05) is 20.8 Å². The standard InChI is InChI=1S/C10H19NO/c1-7-5-11(6-7)8-4-9(12)10(8,2)3/h7-9,12H,4-6H2,1-3H3. The van der Waals surface area contributed by atoms with Crippen molar-refractivity contribution >= 4 is 0 Å². The first-order valence-electron chi connectivity index (χ1n) is 4.94. The Morgan fingerprint density at radius 1 is 1.33 bits per heavy atom. The van der Waals surface area contributed by atoms with Crippen molar-refractivity contribution in [3.05, 3.63) is 0 Å². The van der Waals surface area contributed by atoms with Crippen molar-refractivity contribution in [2.45, 2.75) is 39.3 Å². The predicted molar refractivity (Wildman–Crippen MR) is 48.9 cm³/mol. The Kier molecular flexibility index (Phi) is 1.74.